The fourth-order valence-electron chi connectivity index (χ4n) is 11.0. The Kier molecular flexibility index (Phi) is 8.71. The third-order valence-electron chi connectivity index (χ3n) is 14.4. The number of allylic oxidation sites excluding steroid dienone is 2. The largest absolute Gasteiger partial charge is 0.481 e. The van der Waals surface area contributed by atoms with E-state index in [-0.39, 0.29) is 5.92 Å². The molecule has 5 nitrogen and oxygen atoms in total. The predicted molar refractivity (Wildman–Crippen MR) is 284 cm³/mol. The van der Waals surface area contributed by atoms with Crippen LogP contribution in [0.1, 0.15) is 24.2 Å². The summed E-state index contributed by atoms with van der Waals surface area (Å²) in [6.07, 6.45) is 4.72. The quantitative estimate of drug-likeness (QED) is 0.167. The summed E-state index contributed by atoms with van der Waals surface area (Å²) in [4.78, 5) is 16.3. The second kappa shape index (κ2) is 15.3. The van der Waals surface area contributed by atoms with Crippen LogP contribution in [0.25, 0.3) is 110 Å². The van der Waals surface area contributed by atoms with E-state index in [2.05, 4.69) is 230 Å². The van der Waals surface area contributed by atoms with Gasteiger partial charge in [0.05, 0.1) is 17.0 Å². The Labute approximate surface area is 399 Å². The molecule has 0 N–H and O–H groups in total. The first-order valence-corrected chi connectivity index (χ1v) is 23.6. The van der Waals surface area contributed by atoms with Gasteiger partial charge in [-0.3, -0.25) is 0 Å². The summed E-state index contributed by atoms with van der Waals surface area (Å²) in [5, 5.41) is 9.40. The molecule has 3 heterocycles. The minimum Gasteiger partial charge on any atom is -0.481 e. The lowest BCUT2D eigenvalue weighted by Crippen LogP contribution is -2.38. The van der Waals surface area contributed by atoms with Crippen molar-refractivity contribution in [3.8, 4) is 50.8 Å². The van der Waals surface area contributed by atoms with Crippen molar-refractivity contribution < 1.29 is 4.74 Å². The Hall–Kier alpha value is -8.93. The number of hydrogen-bond donors (Lipinski definition) is 0. The smallest absolute Gasteiger partial charge is 0.164 e. The Bertz CT molecular complexity index is 4110. The summed E-state index contributed by atoms with van der Waals surface area (Å²) >= 11 is 0. The molecule has 0 saturated heterocycles. The van der Waals surface area contributed by atoms with E-state index in [0.717, 1.165) is 77.8 Å². The highest BCUT2D eigenvalue weighted by Gasteiger charge is 2.51. The summed E-state index contributed by atoms with van der Waals surface area (Å²) in [6.45, 7) is 2.22. The molecule has 5 heteroatoms. The van der Waals surface area contributed by atoms with Crippen molar-refractivity contribution in [1.29, 1.82) is 0 Å². The van der Waals surface area contributed by atoms with Crippen molar-refractivity contribution in [1.82, 2.24) is 19.5 Å². The fraction of sp³-hybridized carbons (Fsp3) is 0.0469. The zero-order chi connectivity index (χ0) is 45.6. The maximum Gasteiger partial charge on any atom is 0.164 e. The molecular formula is C64H42N4O. The average Bonchev–Trinajstić information content (AvgIpc) is 3.91. The first-order valence-electron chi connectivity index (χ1n) is 23.6. The molecular weight excluding hydrogens is 841 g/mol. The van der Waals surface area contributed by atoms with Crippen LogP contribution in [0.3, 0.4) is 0 Å². The Morgan fingerprint density at radius 1 is 0.420 bits per heavy atom. The minimum absolute atomic E-state index is 0.190. The zero-order valence-electron chi connectivity index (χ0n) is 37.7. The number of nitrogens with zero attached hydrogens (tertiary/aromatic N) is 4. The lowest BCUT2D eigenvalue weighted by molar-refractivity contribution is 0.167. The van der Waals surface area contributed by atoms with Crippen molar-refractivity contribution in [2.75, 3.05) is 0 Å². The van der Waals surface area contributed by atoms with Gasteiger partial charge in [0.25, 0.3) is 0 Å². The summed E-state index contributed by atoms with van der Waals surface area (Å²) in [6, 6.07) is 77.6. The van der Waals surface area contributed by atoms with Crippen LogP contribution >= 0.6 is 0 Å². The number of fused-ring (bicyclic) bond motifs is 11. The van der Waals surface area contributed by atoms with E-state index in [1.807, 2.05) is 12.1 Å². The van der Waals surface area contributed by atoms with Gasteiger partial charge in [0.2, 0.25) is 0 Å². The molecule has 0 radical (unpaired) electrons. The van der Waals surface area contributed by atoms with Crippen LogP contribution in [-0.2, 0) is 0 Å². The monoisotopic (exact) mass is 882 g/mol. The van der Waals surface area contributed by atoms with Crippen molar-refractivity contribution >= 4 is 65.4 Å². The second-order valence-electron chi connectivity index (χ2n) is 18.5. The van der Waals surface area contributed by atoms with E-state index in [4.69, 9.17) is 19.7 Å². The van der Waals surface area contributed by atoms with Crippen molar-refractivity contribution in [2.45, 2.75) is 18.4 Å². The van der Waals surface area contributed by atoms with Gasteiger partial charge < -0.3 is 9.30 Å². The number of rotatable bonds is 6. The zero-order valence-corrected chi connectivity index (χ0v) is 37.7. The minimum atomic E-state index is -0.886. The van der Waals surface area contributed by atoms with Crippen LogP contribution in [0, 0.1) is 0 Å². The molecule has 0 spiro atoms. The number of hydrogen-bond acceptors (Lipinski definition) is 4. The van der Waals surface area contributed by atoms with E-state index in [9.17, 15) is 0 Å². The van der Waals surface area contributed by atoms with E-state index in [1.54, 1.807) is 0 Å². The molecule has 0 amide bonds. The molecule has 0 fully saturated rings. The lowest BCUT2D eigenvalue weighted by Gasteiger charge is -2.35. The van der Waals surface area contributed by atoms with Crippen LogP contribution in [0.4, 0.5) is 0 Å². The normalized spacial score (nSPS) is 16.4. The van der Waals surface area contributed by atoms with Crippen molar-refractivity contribution in [2.24, 2.45) is 0 Å². The Morgan fingerprint density at radius 3 is 1.72 bits per heavy atom. The molecule has 12 aromatic rings. The molecule has 1 aliphatic heterocycles. The second-order valence-corrected chi connectivity index (χ2v) is 18.5. The predicted octanol–water partition coefficient (Wildman–Crippen LogP) is 16.0. The fourth-order valence-corrected chi connectivity index (χ4v) is 11.0. The molecule has 14 rings (SSSR count). The summed E-state index contributed by atoms with van der Waals surface area (Å²) < 4.78 is 9.94. The topological polar surface area (TPSA) is 52.8 Å². The summed E-state index contributed by atoms with van der Waals surface area (Å²) in [5.41, 5.74) is 10.8. The van der Waals surface area contributed by atoms with Crippen molar-refractivity contribution in [3.63, 3.8) is 0 Å². The number of aromatic nitrogens is 4. The molecule has 0 bridgehead atoms. The van der Waals surface area contributed by atoms with E-state index in [1.165, 1.54) is 32.3 Å². The Balaban J connectivity index is 1.05. The lowest BCUT2D eigenvalue weighted by atomic mass is 9.75. The maximum absolute atomic E-state index is 7.46. The van der Waals surface area contributed by atoms with Gasteiger partial charge in [-0.15, -0.1) is 0 Å². The van der Waals surface area contributed by atoms with Crippen LogP contribution in [0.5, 0.6) is 5.75 Å². The standard InChI is InChI=1S/C64H42N4O/c1-64-56(54-34-32-44-20-11-13-26-52(44)60(54)69-64)38-50(68-58-37-48-22-9-8-21-47(48)36-55(58)53-33-31-43-19-10-12-25-51(43)59(53)68)39-57(64)63-66-61(45-29-27-42(28-30-45)40-15-4-2-5-16-40)65-62(67-63)49-24-14-23-46(35-49)41-17-6-3-7-18-41/h2-39,56H,1H3. The molecule has 2 unspecified atom stereocenters. The highest BCUT2D eigenvalue weighted by molar-refractivity contribution is 6.21. The van der Waals surface area contributed by atoms with Gasteiger partial charge in [0.1, 0.15) is 11.4 Å². The number of ether oxygens (including phenoxy) is 1. The SMILES string of the molecule is CC12Oc3c(ccc4ccccc34)C1C=C(n1c3cc4ccccc4cc3c3ccc4ccccc4c31)C=C2c1nc(-c2ccc(-c3ccccc3)cc2)nc(-c2cccc(-c3ccccc3)c2)n1. The van der Waals surface area contributed by atoms with E-state index >= 15 is 0 Å². The van der Waals surface area contributed by atoms with Gasteiger partial charge in [-0.25, -0.2) is 15.0 Å². The third-order valence-corrected chi connectivity index (χ3v) is 14.4. The van der Waals surface area contributed by atoms with Crippen molar-refractivity contribution in [3.05, 3.63) is 242 Å². The van der Waals surface area contributed by atoms with Crippen LogP contribution in [0.2, 0.25) is 0 Å². The molecule has 69 heavy (non-hydrogen) atoms. The van der Waals surface area contributed by atoms with Gasteiger partial charge >= 0.3 is 0 Å². The van der Waals surface area contributed by atoms with E-state index < -0.39 is 5.60 Å². The summed E-state index contributed by atoms with van der Waals surface area (Å²) in [5.74, 6) is 2.45. The summed E-state index contributed by atoms with van der Waals surface area (Å²) in [7, 11) is 0. The first kappa shape index (κ1) is 39.3. The molecule has 2 aromatic heterocycles. The molecule has 2 aliphatic rings. The maximum atomic E-state index is 7.46. The molecule has 1 aliphatic carbocycles. The average molecular weight is 883 g/mol. The van der Waals surface area contributed by atoms with Gasteiger partial charge in [0.15, 0.2) is 17.5 Å². The first-order chi connectivity index (χ1) is 34.0. The van der Waals surface area contributed by atoms with Gasteiger partial charge in [-0.05, 0) is 81.1 Å². The molecule has 2 atom stereocenters. The van der Waals surface area contributed by atoms with Gasteiger partial charge in [-0.1, -0.05) is 200 Å². The van der Waals surface area contributed by atoms with Gasteiger partial charge in [0, 0.05) is 49.5 Å². The Morgan fingerprint density at radius 2 is 0.971 bits per heavy atom. The molecule has 10 aromatic carbocycles. The third kappa shape index (κ3) is 6.28. The van der Waals surface area contributed by atoms with Crippen LogP contribution in [0.15, 0.2) is 231 Å². The molecule has 324 valence electrons. The molecule has 0 saturated carbocycles. The van der Waals surface area contributed by atoms with Gasteiger partial charge in [-0.2, -0.15) is 0 Å². The van der Waals surface area contributed by atoms with E-state index in [0.29, 0.717) is 17.5 Å². The highest BCUT2D eigenvalue weighted by Crippen LogP contribution is 2.57. The highest BCUT2D eigenvalue weighted by atomic mass is 16.5. The number of benzene rings is 10. The van der Waals surface area contributed by atoms with Crippen LogP contribution < -0.4 is 4.74 Å². The van der Waals surface area contributed by atoms with Crippen LogP contribution in [-0.4, -0.2) is 25.1 Å².